The van der Waals surface area contributed by atoms with Gasteiger partial charge in [0.2, 0.25) is 0 Å². The van der Waals surface area contributed by atoms with Crippen LogP contribution in [0.15, 0.2) is 24.3 Å². The summed E-state index contributed by atoms with van der Waals surface area (Å²) in [7, 11) is 1.50. The molecule has 0 spiro atoms. The van der Waals surface area contributed by atoms with Crippen molar-refractivity contribution in [2.75, 3.05) is 7.11 Å². The van der Waals surface area contributed by atoms with Gasteiger partial charge in [0.1, 0.15) is 5.75 Å². The molecule has 0 aliphatic rings. The summed E-state index contributed by atoms with van der Waals surface area (Å²) in [5, 5.41) is 0. The number of ether oxygens (including phenoxy) is 2. The fourth-order valence-electron chi connectivity index (χ4n) is 1.37. The lowest BCUT2D eigenvalue weighted by molar-refractivity contribution is -0.345. The monoisotopic (exact) mass is 234 g/mol. The summed E-state index contributed by atoms with van der Waals surface area (Å²) in [6.07, 6.45) is -5.32. The van der Waals surface area contributed by atoms with Gasteiger partial charge in [0, 0.05) is 0 Å². The fraction of sp³-hybridized carbons (Fsp3) is 0.455. The predicted octanol–water partition coefficient (Wildman–Crippen LogP) is 3.68. The molecule has 0 N–H and O–H groups in total. The van der Waals surface area contributed by atoms with Crippen molar-refractivity contribution in [3.05, 3.63) is 29.8 Å². The van der Waals surface area contributed by atoms with E-state index in [1.54, 1.807) is 31.2 Å². The van der Waals surface area contributed by atoms with E-state index in [0.717, 1.165) is 0 Å². The molecule has 1 atom stereocenters. The van der Waals surface area contributed by atoms with Gasteiger partial charge in [-0.15, -0.1) is 13.2 Å². The van der Waals surface area contributed by atoms with Crippen molar-refractivity contribution in [1.82, 2.24) is 0 Å². The maximum Gasteiger partial charge on any atom is 0.523 e. The van der Waals surface area contributed by atoms with Crippen LogP contribution in [0.4, 0.5) is 13.2 Å². The highest BCUT2D eigenvalue weighted by Gasteiger charge is 2.33. The molecule has 0 aliphatic carbocycles. The molecule has 2 nitrogen and oxygen atoms in total. The summed E-state index contributed by atoms with van der Waals surface area (Å²) in [4.78, 5) is 0. The molecule has 0 aromatic heterocycles. The number of alkyl halides is 3. The molecular weight excluding hydrogens is 221 g/mol. The van der Waals surface area contributed by atoms with Crippen molar-refractivity contribution in [1.29, 1.82) is 0 Å². The predicted molar refractivity (Wildman–Crippen MR) is 53.2 cm³/mol. The fourth-order valence-corrected chi connectivity index (χ4v) is 1.37. The second-order valence-corrected chi connectivity index (χ2v) is 3.23. The summed E-state index contributed by atoms with van der Waals surface area (Å²) < 4.78 is 45.2. The zero-order chi connectivity index (χ0) is 12.2. The molecule has 0 aliphatic heterocycles. The second kappa shape index (κ2) is 5.21. The van der Waals surface area contributed by atoms with E-state index in [1.165, 1.54) is 7.11 Å². The largest absolute Gasteiger partial charge is 0.523 e. The van der Waals surface area contributed by atoms with Crippen LogP contribution in [0.5, 0.6) is 5.75 Å². The molecule has 0 saturated heterocycles. The highest BCUT2D eigenvalue weighted by molar-refractivity contribution is 5.28. The molecule has 1 aromatic carbocycles. The lowest BCUT2D eigenvalue weighted by Gasteiger charge is -2.18. The van der Waals surface area contributed by atoms with E-state index in [1.807, 2.05) is 0 Å². The number of methoxy groups -OCH3 is 1. The summed E-state index contributed by atoms with van der Waals surface area (Å²) in [5.74, 6) is 0.602. The van der Waals surface area contributed by atoms with Gasteiger partial charge in [-0.2, -0.15) is 0 Å². The van der Waals surface area contributed by atoms with Gasteiger partial charge in [0.25, 0.3) is 0 Å². The topological polar surface area (TPSA) is 18.5 Å². The van der Waals surface area contributed by atoms with Crippen LogP contribution in [0, 0.1) is 0 Å². The van der Waals surface area contributed by atoms with Crippen LogP contribution in [-0.2, 0) is 4.74 Å². The van der Waals surface area contributed by atoms with E-state index in [0.29, 0.717) is 11.3 Å². The van der Waals surface area contributed by atoms with Crippen molar-refractivity contribution in [2.45, 2.75) is 25.8 Å². The summed E-state index contributed by atoms with van der Waals surface area (Å²) in [5.41, 5.74) is 0.487. The third kappa shape index (κ3) is 3.73. The molecule has 0 bridgehead atoms. The minimum Gasteiger partial charge on any atom is -0.497 e. The molecular formula is C11H13F3O2. The van der Waals surface area contributed by atoms with Gasteiger partial charge >= 0.3 is 6.36 Å². The van der Waals surface area contributed by atoms with E-state index in [4.69, 9.17) is 4.74 Å². The number of benzene rings is 1. The first-order valence-electron chi connectivity index (χ1n) is 4.84. The van der Waals surface area contributed by atoms with Crippen LogP contribution in [-0.4, -0.2) is 13.5 Å². The molecule has 1 aromatic rings. The molecule has 0 heterocycles. The molecule has 90 valence electrons. The van der Waals surface area contributed by atoms with E-state index >= 15 is 0 Å². The van der Waals surface area contributed by atoms with Gasteiger partial charge in [-0.1, -0.05) is 19.1 Å². The molecule has 0 saturated carbocycles. The van der Waals surface area contributed by atoms with Gasteiger partial charge < -0.3 is 4.74 Å². The van der Waals surface area contributed by atoms with Gasteiger partial charge in [-0.3, -0.25) is 4.74 Å². The third-order valence-electron chi connectivity index (χ3n) is 2.13. The Hall–Kier alpha value is -1.23. The summed E-state index contributed by atoms with van der Waals surface area (Å²) >= 11 is 0. The van der Waals surface area contributed by atoms with Gasteiger partial charge in [-0.25, -0.2) is 0 Å². The van der Waals surface area contributed by atoms with Crippen molar-refractivity contribution < 1.29 is 22.6 Å². The maximum atomic E-state index is 12.1. The Balaban J connectivity index is 2.79. The lowest BCUT2D eigenvalue weighted by atomic mass is 10.1. The van der Waals surface area contributed by atoms with Crippen LogP contribution < -0.4 is 4.74 Å². The van der Waals surface area contributed by atoms with E-state index in [9.17, 15) is 13.2 Å². The normalized spacial score (nSPS) is 13.6. The van der Waals surface area contributed by atoms with E-state index < -0.39 is 12.5 Å². The van der Waals surface area contributed by atoms with Crippen LogP contribution in [0.2, 0.25) is 0 Å². The van der Waals surface area contributed by atoms with Gasteiger partial charge in [-0.05, 0) is 24.1 Å². The van der Waals surface area contributed by atoms with Crippen molar-refractivity contribution >= 4 is 0 Å². The Bertz CT molecular complexity index is 319. The van der Waals surface area contributed by atoms with Crippen LogP contribution >= 0.6 is 0 Å². The lowest BCUT2D eigenvalue weighted by Crippen LogP contribution is -2.17. The summed E-state index contributed by atoms with van der Waals surface area (Å²) in [6.45, 7) is 1.64. The number of hydrogen-bond acceptors (Lipinski definition) is 2. The van der Waals surface area contributed by atoms with E-state index in [-0.39, 0.29) is 6.42 Å². The Morgan fingerprint density at radius 1 is 1.19 bits per heavy atom. The van der Waals surface area contributed by atoms with Crippen LogP contribution in [0.3, 0.4) is 0 Å². The minimum atomic E-state index is -4.61. The molecule has 16 heavy (non-hydrogen) atoms. The Kier molecular flexibility index (Phi) is 4.18. The Morgan fingerprint density at radius 2 is 1.75 bits per heavy atom. The zero-order valence-electron chi connectivity index (χ0n) is 9.04. The highest BCUT2D eigenvalue weighted by atomic mass is 19.4. The molecule has 0 amide bonds. The number of hydrogen-bond donors (Lipinski definition) is 0. The molecule has 1 rings (SSSR count). The van der Waals surface area contributed by atoms with Crippen molar-refractivity contribution in [3.63, 3.8) is 0 Å². The quantitative estimate of drug-likeness (QED) is 0.791. The van der Waals surface area contributed by atoms with Gasteiger partial charge in [0.05, 0.1) is 13.2 Å². The maximum absolute atomic E-state index is 12.1. The minimum absolute atomic E-state index is 0.256. The third-order valence-corrected chi connectivity index (χ3v) is 2.13. The first kappa shape index (κ1) is 12.8. The summed E-state index contributed by atoms with van der Waals surface area (Å²) in [6, 6.07) is 6.35. The smallest absolute Gasteiger partial charge is 0.497 e. The Labute approximate surface area is 92.0 Å². The SMILES string of the molecule is CCC(OC(F)(F)F)c1ccc(OC)cc1. The molecule has 5 heteroatoms. The molecule has 1 unspecified atom stereocenters. The Morgan fingerprint density at radius 3 is 2.12 bits per heavy atom. The zero-order valence-corrected chi connectivity index (χ0v) is 9.04. The molecule has 0 radical (unpaired) electrons. The van der Waals surface area contributed by atoms with Crippen LogP contribution in [0.25, 0.3) is 0 Å². The number of halogens is 3. The molecule has 0 fully saturated rings. The average Bonchev–Trinajstić information content (AvgIpc) is 2.25. The first-order valence-corrected chi connectivity index (χ1v) is 4.84. The van der Waals surface area contributed by atoms with Crippen LogP contribution in [0.1, 0.15) is 25.0 Å². The van der Waals surface area contributed by atoms with Crippen molar-refractivity contribution in [3.8, 4) is 5.75 Å². The second-order valence-electron chi connectivity index (χ2n) is 3.23. The van der Waals surface area contributed by atoms with E-state index in [2.05, 4.69) is 4.74 Å². The van der Waals surface area contributed by atoms with Crippen molar-refractivity contribution in [2.24, 2.45) is 0 Å². The standard InChI is InChI=1S/C11H13F3O2/c1-3-10(16-11(12,13)14)8-4-6-9(15-2)7-5-8/h4-7,10H,3H2,1-2H3. The van der Waals surface area contributed by atoms with Gasteiger partial charge in [0.15, 0.2) is 0 Å². The first-order chi connectivity index (χ1) is 7.46. The average molecular weight is 234 g/mol. The highest BCUT2D eigenvalue weighted by Crippen LogP contribution is 2.30. The number of rotatable bonds is 4.